The van der Waals surface area contributed by atoms with E-state index >= 15 is 0 Å². The van der Waals surface area contributed by atoms with Gasteiger partial charge in [0, 0.05) is 11.1 Å². The van der Waals surface area contributed by atoms with Crippen LogP contribution in [0.15, 0.2) is 91.0 Å². The van der Waals surface area contributed by atoms with Gasteiger partial charge < -0.3 is 10.0 Å². The molecule has 4 heteroatoms. The van der Waals surface area contributed by atoms with Crippen LogP contribution >= 0.6 is 0 Å². The van der Waals surface area contributed by atoms with Crippen LogP contribution in [0.3, 0.4) is 0 Å². The number of hydrogen-bond acceptors (Lipinski definition) is 3. The topological polar surface area (TPSA) is 57.6 Å². The maximum atomic E-state index is 13.5. The Balaban J connectivity index is 1.51. The fourth-order valence-electron chi connectivity index (χ4n) is 4.51. The number of benzene rings is 4. The van der Waals surface area contributed by atoms with E-state index in [4.69, 9.17) is 0 Å². The Bertz CT molecular complexity index is 1340. The number of ketones is 1. The minimum absolute atomic E-state index is 0.260. The third-order valence-electron chi connectivity index (χ3n) is 6.21. The molecule has 1 heterocycles. The Morgan fingerprint density at radius 2 is 1.56 bits per heavy atom. The predicted molar refractivity (Wildman–Crippen MR) is 126 cm³/mol. The number of carbonyl (C=O) groups excluding carboxylic acids is 2. The smallest absolute Gasteiger partial charge is 0.264 e. The molecule has 4 aromatic rings. The summed E-state index contributed by atoms with van der Waals surface area (Å²) in [5, 5.41) is 13.4. The van der Waals surface area contributed by atoms with Gasteiger partial charge >= 0.3 is 0 Å². The van der Waals surface area contributed by atoms with Crippen LogP contribution in [0, 0.1) is 6.92 Å². The van der Waals surface area contributed by atoms with Crippen molar-refractivity contribution >= 4 is 28.2 Å². The third-order valence-corrected chi connectivity index (χ3v) is 6.21. The van der Waals surface area contributed by atoms with Crippen LogP contribution in [0.4, 0.5) is 5.69 Å². The van der Waals surface area contributed by atoms with E-state index < -0.39 is 11.5 Å². The number of hydrogen-bond donors (Lipinski definition) is 1. The summed E-state index contributed by atoms with van der Waals surface area (Å²) in [5.74, 6) is -0.725. The molecule has 5 rings (SSSR count). The van der Waals surface area contributed by atoms with Crippen LogP contribution in [0.1, 0.15) is 33.5 Å². The molecule has 1 aliphatic rings. The SMILES string of the molecule is Cc1ccc(CN2C(=O)C(O)(CC(=O)c3cccc4ccccc34)c3ccccc32)cc1. The Hall–Kier alpha value is -3.76. The third kappa shape index (κ3) is 3.29. The van der Waals surface area contributed by atoms with E-state index in [2.05, 4.69) is 0 Å². The summed E-state index contributed by atoms with van der Waals surface area (Å²) >= 11 is 0. The first-order valence-corrected chi connectivity index (χ1v) is 10.7. The van der Waals surface area contributed by atoms with E-state index in [1.807, 2.05) is 79.7 Å². The molecule has 0 aromatic heterocycles. The standard InChI is InChI=1S/C28H23NO3/c1-19-13-15-20(16-14-19)18-29-25-12-5-4-11-24(25)28(32,27(29)31)17-26(30)23-10-6-8-21-7-2-3-9-22(21)23/h2-16,32H,17-18H2,1H3. The number of fused-ring (bicyclic) bond motifs is 2. The van der Waals surface area contributed by atoms with Crippen molar-refractivity contribution in [1.29, 1.82) is 0 Å². The summed E-state index contributed by atoms with van der Waals surface area (Å²) in [4.78, 5) is 28.4. The van der Waals surface area contributed by atoms with Crippen molar-refractivity contribution in [3.63, 3.8) is 0 Å². The van der Waals surface area contributed by atoms with Crippen molar-refractivity contribution in [1.82, 2.24) is 0 Å². The molecular weight excluding hydrogens is 398 g/mol. The van der Waals surface area contributed by atoms with Gasteiger partial charge in [0.25, 0.3) is 5.91 Å². The van der Waals surface area contributed by atoms with Gasteiger partial charge in [-0.05, 0) is 29.3 Å². The molecule has 1 atom stereocenters. The number of amides is 1. The van der Waals surface area contributed by atoms with Gasteiger partial charge in [0.1, 0.15) is 0 Å². The van der Waals surface area contributed by atoms with Gasteiger partial charge in [-0.3, -0.25) is 9.59 Å². The summed E-state index contributed by atoms with van der Waals surface area (Å²) < 4.78 is 0. The van der Waals surface area contributed by atoms with Crippen LogP contribution in [0.5, 0.6) is 0 Å². The van der Waals surface area contributed by atoms with E-state index in [0.717, 1.165) is 21.9 Å². The van der Waals surface area contributed by atoms with E-state index in [-0.39, 0.29) is 12.2 Å². The zero-order valence-corrected chi connectivity index (χ0v) is 17.8. The number of aliphatic hydroxyl groups is 1. The summed E-state index contributed by atoms with van der Waals surface area (Å²) in [5.41, 5.74) is 1.84. The van der Waals surface area contributed by atoms with E-state index in [1.54, 1.807) is 23.1 Å². The lowest BCUT2D eigenvalue weighted by atomic mass is 9.87. The Morgan fingerprint density at radius 1 is 0.875 bits per heavy atom. The van der Waals surface area contributed by atoms with Crippen LogP contribution < -0.4 is 4.90 Å². The second kappa shape index (κ2) is 7.74. The molecule has 1 amide bonds. The number of Topliss-reactive ketones (excluding diaryl/α,β-unsaturated/α-hetero) is 1. The minimum Gasteiger partial charge on any atom is -0.375 e. The van der Waals surface area contributed by atoms with Gasteiger partial charge in [0.15, 0.2) is 11.4 Å². The molecule has 0 saturated heterocycles. The van der Waals surface area contributed by atoms with Crippen LogP contribution in [-0.4, -0.2) is 16.8 Å². The molecule has 1 unspecified atom stereocenters. The number of carbonyl (C=O) groups is 2. The van der Waals surface area contributed by atoms with Crippen molar-refractivity contribution < 1.29 is 14.7 Å². The largest absolute Gasteiger partial charge is 0.375 e. The highest BCUT2D eigenvalue weighted by atomic mass is 16.3. The lowest BCUT2D eigenvalue weighted by Gasteiger charge is -2.23. The first-order valence-electron chi connectivity index (χ1n) is 10.7. The van der Waals surface area contributed by atoms with E-state index in [9.17, 15) is 14.7 Å². The molecule has 0 fully saturated rings. The average molecular weight is 421 g/mol. The fraction of sp³-hybridized carbons (Fsp3) is 0.143. The molecule has 1 N–H and O–H groups in total. The van der Waals surface area contributed by atoms with Gasteiger partial charge in [-0.2, -0.15) is 0 Å². The summed E-state index contributed by atoms with van der Waals surface area (Å²) in [7, 11) is 0. The maximum Gasteiger partial charge on any atom is 0.264 e. The second-order valence-corrected chi connectivity index (χ2v) is 8.38. The monoisotopic (exact) mass is 421 g/mol. The molecule has 4 aromatic carbocycles. The molecular formula is C28H23NO3. The summed E-state index contributed by atoms with van der Waals surface area (Å²) in [6.07, 6.45) is -0.304. The van der Waals surface area contributed by atoms with Crippen molar-refractivity contribution in [2.24, 2.45) is 0 Å². The Kier molecular flexibility index (Phi) is 4.87. The molecule has 0 bridgehead atoms. The van der Waals surface area contributed by atoms with Gasteiger partial charge in [0.05, 0.1) is 18.7 Å². The first-order chi connectivity index (χ1) is 15.5. The number of rotatable bonds is 5. The van der Waals surface area contributed by atoms with Crippen molar-refractivity contribution in [2.75, 3.05) is 4.90 Å². The highest BCUT2D eigenvalue weighted by Crippen LogP contribution is 2.43. The lowest BCUT2D eigenvalue weighted by Crippen LogP contribution is -2.41. The molecule has 0 spiro atoms. The van der Waals surface area contributed by atoms with Gasteiger partial charge in [0.2, 0.25) is 0 Å². The molecule has 158 valence electrons. The van der Waals surface area contributed by atoms with Crippen molar-refractivity contribution in [2.45, 2.75) is 25.5 Å². The quantitative estimate of drug-likeness (QED) is 0.453. The minimum atomic E-state index is -1.89. The highest BCUT2D eigenvalue weighted by molar-refractivity contribution is 6.13. The van der Waals surface area contributed by atoms with Crippen LogP contribution in [-0.2, 0) is 16.9 Å². The predicted octanol–water partition coefficient (Wildman–Crippen LogP) is 5.16. The molecule has 32 heavy (non-hydrogen) atoms. The number of aryl methyl sites for hydroxylation is 1. The molecule has 1 aliphatic heterocycles. The number of para-hydroxylation sites is 1. The zero-order chi connectivity index (χ0) is 22.3. The normalized spacial score (nSPS) is 17.6. The number of nitrogens with zero attached hydrogens (tertiary/aromatic N) is 1. The van der Waals surface area contributed by atoms with Gasteiger partial charge in [-0.25, -0.2) is 0 Å². The molecule has 0 aliphatic carbocycles. The maximum absolute atomic E-state index is 13.5. The first kappa shape index (κ1) is 20.2. The highest BCUT2D eigenvalue weighted by Gasteiger charge is 2.50. The number of anilines is 1. The average Bonchev–Trinajstić information content (AvgIpc) is 3.02. The van der Waals surface area contributed by atoms with E-state index in [0.29, 0.717) is 23.4 Å². The Labute approximate surface area is 186 Å². The lowest BCUT2D eigenvalue weighted by molar-refractivity contribution is -0.136. The van der Waals surface area contributed by atoms with Crippen molar-refractivity contribution in [3.8, 4) is 0 Å². The van der Waals surface area contributed by atoms with Gasteiger partial charge in [-0.15, -0.1) is 0 Å². The molecule has 0 radical (unpaired) electrons. The van der Waals surface area contributed by atoms with Gasteiger partial charge in [-0.1, -0.05) is 90.5 Å². The fourth-order valence-corrected chi connectivity index (χ4v) is 4.51. The van der Waals surface area contributed by atoms with Crippen LogP contribution in [0.25, 0.3) is 10.8 Å². The van der Waals surface area contributed by atoms with Crippen molar-refractivity contribution in [3.05, 3.63) is 113 Å². The van der Waals surface area contributed by atoms with E-state index in [1.165, 1.54) is 0 Å². The van der Waals surface area contributed by atoms with Crippen LogP contribution in [0.2, 0.25) is 0 Å². The zero-order valence-electron chi connectivity index (χ0n) is 17.8. The Morgan fingerprint density at radius 3 is 2.38 bits per heavy atom. The summed E-state index contributed by atoms with van der Waals surface area (Å²) in [6.45, 7) is 2.35. The second-order valence-electron chi connectivity index (χ2n) is 8.38. The molecule has 4 nitrogen and oxygen atoms in total. The summed E-state index contributed by atoms with van der Waals surface area (Å²) in [6, 6.07) is 28.3. The molecule has 0 saturated carbocycles.